The molecule has 0 aliphatic carbocycles. The van der Waals surface area contributed by atoms with Crippen molar-refractivity contribution >= 4 is 50.7 Å². The zero-order valence-corrected chi connectivity index (χ0v) is 27.2. The lowest BCUT2D eigenvalue weighted by atomic mass is 10.0. The number of halogens is 3. The Labute approximate surface area is 273 Å². The lowest BCUT2D eigenvalue weighted by molar-refractivity contribution is -0.140. The molecule has 0 unspecified atom stereocenters. The lowest BCUT2D eigenvalue weighted by Gasteiger charge is -2.34. The van der Waals surface area contributed by atoms with E-state index < -0.39 is 40.2 Å². The van der Waals surface area contributed by atoms with Crippen LogP contribution in [0, 0.1) is 11.7 Å². The van der Waals surface area contributed by atoms with Crippen LogP contribution in [0.3, 0.4) is 0 Å². The summed E-state index contributed by atoms with van der Waals surface area (Å²) in [5.41, 5.74) is 1.56. The van der Waals surface area contributed by atoms with Crippen molar-refractivity contribution in [2.45, 2.75) is 37.8 Å². The van der Waals surface area contributed by atoms with Crippen LogP contribution in [0.5, 0.6) is 0 Å². The summed E-state index contributed by atoms with van der Waals surface area (Å²) in [6.45, 7) is 3.56. The van der Waals surface area contributed by atoms with Gasteiger partial charge in [0, 0.05) is 29.6 Å². The van der Waals surface area contributed by atoms with Gasteiger partial charge in [-0.3, -0.25) is 13.9 Å². The second kappa shape index (κ2) is 15.4. The molecule has 0 fully saturated rings. The van der Waals surface area contributed by atoms with Gasteiger partial charge in [-0.2, -0.15) is 0 Å². The van der Waals surface area contributed by atoms with Gasteiger partial charge in [-0.15, -0.1) is 0 Å². The topological polar surface area (TPSA) is 86.8 Å². The van der Waals surface area contributed by atoms with Crippen LogP contribution in [-0.2, 0) is 32.6 Å². The van der Waals surface area contributed by atoms with Crippen molar-refractivity contribution in [3.05, 3.63) is 130 Å². The molecule has 0 radical (unpaired) electrons. The first-order chi connectivity index (χ1) is 21.5. The highest BCUT2D eigenvalue weighted by Gasteiger charge is 2.35. The first-order valence-corrected chi connectivity index (χ1v) is 16.5. The molecule has 2 amide bonds. The van der Waals surface area contributed by atoms with Crippen LogP contribution in [0.15, 0.2) is 108 Å². The predicted molar refractivity (Wildman–Crippen MR) is 176 cm³/mol. The van der Waals surface area contributed by atoms with Crippen LogP contribution >= 0.6 is 23.2 Å². The normalized spacial score (nSPS) is 12.0. The second-order valence-electron chi connectivity index (χ2n) is 10.9. The minimum atomic E-state index is -4.34. The molecular weight excluding hydrogens is 636 g/mol. The number of hydrogen-bond donors (Lipinski definition) is 1. The molecule has 0 spiro atoms. The number of para-hydroxylation sites is 1. The Kier molecular flexibility index (Phi) is 11.6. The highest BCUT2D eigenvalue weighted by Crippen LogP contribution is 2.27. The molecule has 11 heteroatoms. The van der Waals surface area contributed by atoms with Gasteiger partial charge in [-0.25, -0.2) is 12.8 Å². The molecule has 0 aliphatic heterocycles. The third kappa shape index (κ3) is 9.06. The van der Waals surface area contributed by atoms with Crippen molar-refractivity contribution in [3.8, 4) is 0 Å². The second-order valence-corrected chi connectivity index (χ2v) is 13.6. The average Bonchev–Trinajstić information content (AvgIpc) is 3.02. The van der Waals surface area contributed by atoms with Crippen molar-refractivity contribution in [3.63, 3.8) is 0 Å². The fraction of sp³-hybridized carbons (Fsp3) is 0.235. The highest BCUT2D eigenvalue weighted by molar-refractivity contribution is 7.92. The van der Waals surface area contributed by atoms with Crippen LogP contribution in [0.1, 0.15) is 25.0 Å². The first kappa shape index (κ1) is 34.0. The average molecular weight is 671 g/mol. The molecule has 0 bridgehead atoms. The van der Waals surface area contributed by atoms with E-state index in [1.165, 1.54) is 4.90 Å². The smallest absolute Gasteiger partial charge is 0.264 e. The Bertz CT molecular complexity index is 1710. The molecule has 0 saturated heterocycles. The number of sulfonamides is 1. The van der Waals surface area contributed by atoms with E-state index >= 15 is 0 Å². The lowest BCUT2D eigenvalue weighted by Crippen LogP contribution is -2.53. The van der Waals surface area contributed by atoms with Crippen molar-refractivity contribution in [2.24, 2.45) is 5.92 Å². The number of nitrogens with zero attached hydrogens (tertiary/aromatic N) is 2. The van der Waals surface area contributed by atoms with Gasteiger partial charge < -0.3 is 10.2 Å². The Morgan fingerprint density at radius 2 is 1.49 bits per heavy atom. The number of hydrogen-bond acceptors (Lipinski definition) is 4. The highest BCUT2D eigenvalue weighted by atomic mass is 35.5. The van der Waals surface area contributed by atoms with E-state index in [9.17, 15) is 22.4 Å². The molecule has 236 valence electrons. The van der Waals surface area contributed by atoms with Crippen molar-refractivity contribution in [1.29, 1.82) is 0 Å². The summed E-state index contributed by atoms with van der Waals surface area (Å²) in [6.07, 6.45) is 0.164. The minimum absolute atomic E-state index is 0.0966. The number of rotatable bonds is 13. The van der Waals surface area contributed by atoms with E-state index in [1.54, 1.807) is 48.5 Å². The molecular formula is C34H34Cl2FN3O4S. The maximum absolute atomic E-state index is 14.4. The van der Waals surface area contributed by atoms with Gasteiger partial charge in [-0.05, 0) is 65.6 Å². The molecule has 0 heterocycles. The van der Waals surface area contributed by atoms with Crippen molar-refractivity contribution in [2.75, 3.05) is 17.4 Å². The van der Waals surface area contributed by atoms with Gasteiger partial charge in [0.25, 0.3) is 10.0 Å². The summed E-state index contributed by atoms with van der Waals surface area (Å²) >= 11 is 12.7. The van der Waals surface area contributed by atoms with Crippen LogP contribution in [0.4, 0.5) is 10.1 Å². The Hall–Kier alpha value is -3.92. The molecule has 1 atom stereocenters. The molecule has 4 aromatic carbocycles. The monoisotopic (exact) mass is 669 g/mol. The maximum Gasteiger partial charge on any atom is 0.264 e. The standard InChI is InChI=1S/C34H34Cl2FN3O4S/c1-24(2)21-38-34(42)32(19-25-9-5-3-6-10-25)39(22-26-13-14-27(35)20-31(26)36)33(41)23-40(29-11-7-4-8-12-29)45(43,44)30-17-15-28(37)16-18-30/h3-18,20,24,32H,19,21-23H2,1-2H3,(H,38,42)/t32-/m0/s1. The molecule has 4 aromatic rings. The van der Waals surface area contributed by atoms with Gasteiger partial charge >= 0.3 is 0 Å². The molecule has 0 aliphatic rings. The molecule has 7 nitrogen and oxygen atoms in total. The van der Waals surface area contributed by atoms with E-state index in [2.05, 4.69) is 5.32 Å². The number of nitrogens with one attached hydrogen (secondary N) is 1. The van der Waals surface area contributed by atoms with E-state index in [1.807, 2.05) is 44.2 Å². The van der Waals surface area contributed by atoms with Crippen LogP contribution in [0.2, 0.25) is 10.0 Å². The number of carbonyl (C=O) groups is 2. The first-order valence-electron chi connectivity index (χ1n) is 14.3. The largest absolute Gasteiger partial charge is 0.354 e. The summed E-state index contributed by atoms with van der Waals surface area (Å²) < 4.78 is 42.6. The number of amides is 2. The summed E-state index contributed by atoms with van der Waals surface area (Å²) in [7, 11) is -4.34. The van der Waals surface area contributed by atoms with Gasteiger partial charge in [-0.1, -0.05) is 91.6 Å². The predicted octanol–water partition coefficient (Wildman–Crippen LogP) is 6.74. The third-order valence-electron chi connectivity index (χ3n) is 7.04. The van der Waals surface area contributed by atoms with Crippen LogP contribution in [-0.4, -0.2) is 44.3 Å². The van der Waals surface area contributed by atoms with Crippen molar-refractivity contribution in [1.82, 2.24) is 10.2 Å². The van der Waals surface area contributed by atoms with Gasteiger partial charge in [0.1, 0.15) is 18.4 Å². The van der Waals surface area contributed by atoms with Crippen LogP contribution in [0.25, 0.3) is 0 Å². The molecule has 4 rings (SSSR count). The minimum Gasteiger partial charge on any atom is -0.354 e. The zero-order valence-electron chi connectivity index (χ0n) is 24.9. The van der Waals surface area contributed by atoms with Crippen LogP contribution < -0.4 is 9.62 Å². The molecule has 45 heavy (non-hydrogen) atoms. The van der Waals surface area contributed by atoms with E-state index in [0.717, 1.165) is 34.1 Å². The Balaban J connectivity index is 1.80. The molecule has 0 aromatic heterocycles. The Morgan fingerprint density at radius 1 is 0.867 bits per heavy atom. The number of benzene rings is 4. The van der Waals surface area contributed by atoms with Crippen molar-refractivity contribution < 1.29 is 22.4 Å². The Morgan fingerprint density at radius 3 is 2.09 bits per heavy atom. The molecule has 1 N–H and O–H groups in total. The summed E-state index contributed by atoms with van der Waals surface area (Å²) in [5.74, 6) is -1.48. The fourth-order valence-corrected chi connectivity index (χ4v) is 6.55. The SMILES string of the molecule is CC(C)CNC(=O)[C@H](Cc1ccccc1)N(Cc1ccc(Cl)cc1Cl)C(=O)CN(c1ccccc1)S(=O)(=O)c1ccc(F)cc1. The van der Waals surface area contributed by atoms with E-state index in [0.29, 0.717) is 22.2 Å². The summed E-state index contributed by atoms with van der Waals surface area (Å²) in [6, 6.07) is 25.6. The number of anilines is 1. The fourth-order valence-electron chi connectivity index (χ4n) is 4.67. The molecule has 0 saturated carbocycles. The summed E-state index contributed by atoms with van der Waals surface area (Å²) in [4.78, 5) is 29.4. The van der Waals surface area contributed by atoms with E-state index in [-0.39, 0.29) is 29.5 Å². The summed E-state index contributed by atoms with van der Waals surface area (Å²) in [5, 5.41) is 3.63. The van der Waals surface area contributed by atoms with Gasteiger partial charge in [0.2, 0.25) is 11.8 Å². The maximum atomic E-state index is 14.4. The van der Waals surface area contributed by atoms with Gasteiger partial charge in [0.15, 0.2) is 0 Å². The van der Waals surface area contributed by atoms with Gasteiger partial charge in [0.05, 0.1) is 10.6 Å². The zero-order chi connectivity index (χ0) is 32.6. The quantitative estimate of drug-likeness (QED) is 0.171. The third-order valence-corrected chi connectivity index (χ3v) is 9.41. The number of carbonyl (C=O) groups excluding carboxylic acids is 2. The van der Waals surface area contributed by atoms with E-state index in [4.69, 9.17) is 23.2 Å².